The number of methoxy groups -OCH3 is 1. The van der Waals surface area contributed by atoms with Gasteiger partial charge in [-0.25, -0.2) is 0 Å². The number of allylic oxidation sites excluding steroid dienone is 2. The number of hydrogen-bond donors (Lipinski definition) is 1. The van der Waals surface area contributed by atoms with Gasteiger partial charge in [-0.1, -0.05) is 62.4 Å². The number of Topliss-reactive ketones (excluding diaryl/α,β-unsaturated/α-hetero) is 1. The molecule has 0 aromatic heterocycles. The molecule has 0 radical (unpaired) electrons. The van der Waals surface area contributed by atoms with Crippen LogP contribution in [0.25, 0.3) is 10.8 Å². The maximum atomic E-state index is 13.1. The summed E-state index contributed by atoms with van der Waals surface area (Å²) in [5, 5.41) is 13.1. The number of aliphatic hydroxyl groups excluding tert-OH is 1. The molecule has 0 saturated carbocycles. The molecule has 4 rings (SSSR count). The Labute approximate surface area is 182 Å². The van der Waals surface area contributed by atoms with Crippen LogP contribution in [0.3, 0.4) is 0 Å². The Morgan fingerprint density at radius 1 is 1.03 bits per heavy atom. The number of ether oxygens (including phenoxy) is 1. The number of carbonyl (C=O) groups is 1. The first-order valence-electron chi connectivity index (χ1n) is 10.5. The maximum absolute atomic E-state index is 13.1. The van der Waals surface area contributed by atoms with E-state index in [1.807, 2.05) is 56.3 Å². The van der Waals surface area contributed by atoms with Crippen molar-refractivity contribution in [3.05, 3.63) is 83.6 Å². The summed E-state index contributed by atoms with van der Waals surface area (Å²) < 4.78 is 5.33. The second-order valence-corrected chi connectivity index (χ2v) is 8.84. The minimum absolute atomic E-state index is 0.0596. The van der Waals surface area contributed by atoms with E-state index in [1.165, 1.54) is 0 Å². The van der Waals surface area contributed by atoms with E-state index in [9.17, 15) is 9.90 Å². The van der Waals surface area contributed by atoms with Crippen molar-refractivity contribution in [3.8, 4) is 5.75 Å². The second kappa shape index (κ2) is 8.38. The van der Waals surface area contributed by atoms with Crippen molar-refractivity contribution in [2.75, 3.05) is 7.11 Å². The standard InChI is InChI=1S/C27H27NO3/c1-27(2)16-24(29)26(25(30)17-27)23(28-20-11-7-12-21(15-20)31-3)14-19-10-6-9-18-8-4-5-13-22(18)19/h4-13,15,29H,14,16-17H2,1-3H3. The summed E-state index contributed by atoms with van der Waals surface area (Å²) in [5.41, 5.74) is 2.44. The molecule has 1 aliphatic carbocycles. The number of fused-ring (bicyclic) bond motifs is 1. The van der Waals surface area contributed by atoms with Gasteiger partial charge in [0.15, 0.2) is 5.78 Å². The minimum Gasteiger partial charge on any atom is -0.511 e. The average molecular weight is 414 g/mol. The lowest BCUT2D eigenvalue weighted by atomic mass is 9.75. The van der Waals surface area contributed by atoms with Crippen molar-refractivity contribution >= 4 is 28.0 Å². The first-order chi connectivity index (χ1) is 14.9. The van der Waals surface area contributed by atoms with E-state index in [4.69, 9.17) is 9.73 Å². The molecule has 3 aromatic rings. The summed E-state index contributed by atoms with van der Waals surface area (Å²) in [6.45, 7) is 4.00. The van der Waals surface area contributed by atoms with Gasteiger partial charge in [-0.3, -0.25) is 9.79 Å². The van der Waals surface area contributed by atoms with Crippen molar-refractivity contribution in [1.29, 1.82) is 0 Å². The maximum Gasteiger partial charge on any atom is 0.168 e. The molecule has 0 heterocycles. The summed E-state index contributed by atoms with van der Waals surface area (Å²) >= 11 is 0. The van der Waals surface area contributed by atoms with Crippen molar-refractivity contribution in [2.24, 2.45) is 10.4 Å². The van der Waals surface area contributed by atoms with Gasteiger partial charge in [0.1, 0.15) is 11.5 Å². The summed E-state index contributed by atoms with van der Waals surface area (Å²) in [7, 11) is 1.61. The van der Waals surface area contributed by atoms with Crippen LogP contribution in [0.1, 0.15) is 32.3 Å². The molecule has 0 bridgehead atoms. The molecule has 1 N–H and O–H groups in total. The largest absolute Gasteiger partial charge is 0.511 e. The third-order valence-corrected chi connectivity index (χ3v) is 5.70. The van der Waals surface area contributed by atoms with Crippen molar-refractivity contribution < 1.29 is 14.6 Å². The zero-order valence-corrected chi connectivity index (χ0v) is 18.2. The number of benzene rings is 3. The summed E-state index contributed by atoms with van der Waals surface area (Å²) in [5.74, 6) is 0.763. The smallest absolute Gasteiger partial charge is 0.168 e. The monoisotopic (exact) mass is 413 g/mol. The average Bonchev–Trinajstić information content (AvgIpc) is 2.72. The van der Waals surface area contributed by atoms with E-state index < -0.39 is 0 Å². The highest BCUT2D eigenvalue weighted by Gasteiger charge is 2.35. The molecule has 0 amide bonds. The number of nitrogens with zero attached hydrogens (tertiary/aromatic N) is 1. The molecule has 31 heavy (non-hydrogen) atoms. The molecule has 0 spiro atoms. The van der Waals surface area contributed by atoms with Gasteiger partial charge >= 0.3 is 0 Å². The number of aliphatic imine (C=N–C) groups is 1. The Hall–Kier alpha value is -3.40. The molecule has 0 saturated heterocycles. The number of carbonyl (C=O) groups excluding carboxylic acids is 1. The number of rotatable bonds is 5. The summed E-state index contributed by atoms with van der Waals surface area (Å²) in [6, 6.07) is 21.7. The summed E-state index contributed by atoms with van der Waals surface area (Å²) in [4.78, 5) is 17.9. The quantitative estimate of drug-likeness (QED) is 0.495. The molecule has 0 aliphatic heterocycles. The van der Waals surface area contributed by atoms with Gasteiger partial charge in [0.05, 0.1) is 24.1 Å². The Balaban J connectivity index is 1.85. The lowest BCUT2D eigenvalue weighted by Gasteiger charge is -2.30. The van der Waals surface area contributed by atoms with Crippen LogP contribution in [-0.2, 0) is 11.2 Å². The normalized spacial score (nSPS) is 16.6. The van der Waals surface area contributed by atoms with Crippen molar-refractivity contribution in [1.82, 2.24) is 0 Å². The van der Waals surface area contributed by atoms with Crippen LogP contribution in [0.4, 0.5) is 5.69 Å². The number of aliphatic hydroxyl groups is 1. The molecule has 4 heteroatoms. The van der Waals surface area contributed by atoms with Crippen LogP contribution in [0, 0.1) is 5.41 Å². The molecule has 1 aliphatic rings. The van der Waals surface area contributed by atoms with Crippen LogP contribution >= 0.6 is 0 Å². The Bertz CT molecular complexity index is 1200. The Morgan fingerprint density at radius 2 is 1.77 bits per heavy atom. The third-order valence-electron chi connectivity index (χ3n) is 5.70. The molecule has 0 atom stereocenters. The molecule has 4 nitrogen and oxygen atoms in total. The van der Waals surface area contributed by atoms with Gasteiger partial charge in [0.2, 0.25) is 0 Å². The molecule has 3 aromatic carbocycles. The minimum atomic E-state index is -0.259. The van der Waals surface area contributed by atoms with Gasteiger partial charge in [0, 0.05) is 25.3 Å². The van der Waals surface area contributed by atoms with Gasteiger partial charge in [-0.15, -0.1) is 0 Å². The highest BCUT2D eigenvalue weighted by atomic mass is 16.5. The van der Waals surface area contributed by atoms with E-state index in [0.717, 1.165) is 16.3 Å². The fourth-order valence-electron chi connectivity index (χ4n) is 4.26. The molecule has 158 valence electrons. The van der Waals surface area contributed by atoms with Crippen LogP contribution < -0.4 is 4.74 Å². The van der Waals surface area contributed by atoms with Gasteiger partial charge in [0.25, 0.3) is 0 Å². The van der Waals surface area contributed by atoms with E-state index >= 15 is 0 Å². The molecular weight excluding hydrogens is 386 g/mol. The number of ketones is 1. The van der Waals surface area contributed by atoms with Gasteiger partial charge in [-0.2, -0.15) is 0 Å². The third kappa shape index (κ3) is 4.53. The van der Waals surface area contributed by atoms with Crippen LogP contribution in [0.5, 0.6) is 5.75 Å². The van der Waals surface area contributed by atoms with Crippen LogP contribution in [-0.4, -0.2) is 23.7 Å². The molecule has 0 unspecified atom stereocenters. The second-order valence-electron chi connectivity index (χ2n) is 8.84. The van der Waals surface area contributed by atoms with E-state index in [2.05, 4.69) is 24.3 Å². The predicted octanol–water partition coefficient (Wildman–Crippen LogP) is 6.36. The Kier molecular flexibility index (Phi) is 5.64. The lowest BCUT2D eigenvalue weighted by molar-refractivity contribution is -0.117. The molecular formula is C27H27NO3. The van der Waals surface area contributed by atoms with E-state index in [0.29, 0.717) is 42.0 Å². The van der Waals surface area contributed by atoms with Crippen molar-refractivity contribution in [3.63, 3.8) is 0 Å². The zero-order valence-electron chi connectivity index (χ0n) is 18.2. The predicted molar refractivity (Wildman–Crippen MR) is 125 cm³/mol. The van der Waals surface area contributed by atoms with Crippen LogP contribution in [0.15, 0.2) is 83.1 Å². The van der Waals surface area contributed by atoms with Gasteiger partial charge in [-0.05, 0) is 33.9 Å². The fourth-order valence-corrected chi connectivity index (χ4v) is 4.26. The fraction of sp³-hybridized carbons (Fsp3) is 0.259. The summed E-state index contributed by atoms with van der Waals surface area (Å²) in [6.07, 6.45) is 1.30. The number of hydrogen-bond acceptors (Lipinski definition) is 4. The first kappa shape index (κ1) is 20.9. The van der Waals surface area contributed by atoms with E-state index in [-0.39, 0.29) is 17.0 Å². The van der Waals surface area contributed by atoms with Crippen molar-refractivity contribution in [2.45, 2.75) is 33.1 Å². The van der Waals surface area contributed by atoms with E-state index in [1.54, 1.807) is 7.11 Å². The highest BCUT2D eigenvalue weighted by Crippen LogP contribution is 2.37. The first-order valence-corrected chi connectivity index (χ1v) is 10.5. The highest BCUT2D eigenvalue weighted by molar-refractivity contribution is 6.24. The SMILES string of the molecule is COc1cccc(N=C(Cc2cccc3ccccc23)C2=C(O)CC(C)(C)CC2=O)c1. The molecule has 0 fully saturated rings. The topological polar surface area (TPSA) is 58.9 Å². The zero-order chi connectivity index (χ0) is 22.0. The Morgan fingerprint density at radius 3 is 2.55 bits per heavy atom. The van der Waals surface area contributed by atoms with Crippen LogP contribution in [0.2, 0.25) is 0 Å². The lowest BCUT2D eigenvalue weighted by Crippen LogP contribution is -2.30. The van der Waals surface area contributed by atoms with Gasteiger partial charge < -0.3 is 9.84 Å².